The van der Waals surface area contributed by atoms with Crippen LogP contribution in [0.25, 0.3) is 5.78 Å². The van der Waals surface area contributed by atoms with Gasteiger partial charge in [0.15, 0.2) is 0 Å². The topological polar surface area (TPSA) is 49.6 Å². The Bertz CT molecular complexity index is 673. The highest BCUT2D eigenvalue weighted by molar-refractivity contribution is 5.56. The van der Waals surface area contributed by atoms with Gasteiger partial charge in [-0.1, -0.05) is 0 Å². The predicted octanol–water partition coefficient (Wildman–Crippen LogP) is 1.93. The van der Waals surface area contributed by atoms with Crippen LogP contribution >= 0.6 is 0 Å². The average Bonchev–Trinajstić information content (AvgIpc) is 3.29. The van der Waals surface area contributed by atoms with Crippen molar-refractivity contribution in [3.63, 3.8) is 0 Å². The molecule has 0 spiro atoms. The van der Waals surface area contributed by atoms with Gasteiger partial charge in [-0.3, -0.25) is 0 Å². The van der Waals surface area contributed by atoms with E-state index in [1.807, 2.05) is 4.52 Å². The molecule has 1 aliphatic heterocycles. The third-order valence-corrected chi connectivity index (χ3v) is 5.21. The molecule has 1 saturated heterocycles. The number of anilines is 1. The van der Waals surface area contributed by atoms with Crippen LogP contribution in [-0.4, -0.2) is 57.2 Å². The Morgan fingerprint density at radius 3 is 2.87 bits per heavy atom. The molecular weight excluding hydrogens is 288 g/mol. The van der Waals surface area contributed by atoms with Crippen LogP contribution in [0.4, 0.5) is 5.82 Å². The Labute approximate surface area is 137 Å². The van der Waals surface area contributed by atoms with E-state index in [2.05, 4.69) is 26.8 Å². The smallest absolute Gasteiger partial charge is 0.254 e. The number of rotatable bonds is 6. The summed E-state index contributed by atoms with van der Waals surface area (Å²) in [5.41, 5.74) is 2.63. The first-order valence-electron chi connectivity index (χ1n) is 9.05. The largest absolute Gasteiger partial charge is 0.356 e. The summed E-state index contributed by atoms with van der Waals surface area (Å²) in [7, 11) is 0. The van der Waals surface area contributed by atoms with Crippen molar-refractivity contribution in [2.24, 2.45) is 0 Å². The van der Waals surface area contributed by atoms with Crippen LogP contribution in [0.15, 0.2) is 6.33 Å². The molecule has 3 heterocycles. The van der Waals surface area contributed by atoms with E-state index in [-0.39, 0.29) is 0 Å². The van der Waals surface area contributed by atoms with Gasteiger partial charge in [-0.2, -0.15) is 14.6 Å². The number of nitrogens with zero attached hydrogens (tertiary/aromatic N) is 6. The second-order valence-corrected chi connectivity index (χ2v) is 6.67. The van der Waals surface area contributed by atoms with Crippen LogP contribution in [0.1, 0.15) is 43.9 Å². The van der Waals surface area contributed by atoms with Crippen LogP contribution in [-0.2, 0) is 12.8 Å². The zero-order chi connectivity index (χ0) is 15.6. The van der Waals surface area contributed by atoms with E-state index in [1.54, 1.807) is 6.33 Å². The standard InChI is InChI=1S/C17H26N6/c1-2-22(12-6-11-21-9-3-4-10-21)16-14-7-5-8-15(14)20-17-18-13-19-23(16)17/h13H,2-12H2,1H3. The predicted molar refractivity (Wildman–Crippen MR) is 91.0 cm³/mol. The fraction of sp³-hybridized carbons (Fsp3) is 0.706. The van der Waals surface area contributed by atoms with E-state index < -0.39 is 0 Å². The Morgan fingerprint density at radius 1 is 1.17 bits per heavy atom. The minimum atomic E-state index is 0.749. The molecule has 2 aromatic heterocycles. The maximum Gasteiger partial charge on any atom is 0.254 e. The fourth-order valence-corrected chi connectivity index (χ4v) is 4.03. The fourth-order valence-electron chi connectivity index (χ4n) is 4.03. The molecule has 2 aliphatic rings. The van der Waals surface area contributed by atoms with Crippen molar-refractivity contribution in [2.75, 3.05) is 37.6 Å². The summed E-state index contributed by atoms with van der Waals surface area (Å²) in [6.45, 7) is 8.10. The zero-order valence-corrected chi connectivity index (χ0v) is 14.0. The number of fused-ring (bicyclic) bond motifs is 2. The van der Waals surface area contributed by atoms with Crippen LogP contribution in [0.3, 0.4) is 0 Å². The van der Waals surface area contributed by atoms with Crippen LogP contribution in [0, 0.1) is 0 Å². The number of likely N-dealkylation sites (tertiary alicyclic amines) is 1. The van der Waals surface area contributed by atoms with Crippen molar-refractivity contribution in [2.45, 2.75) is 45.4 Å². The van der Waals surface area contributed by atoms with Crippen molar-refractivity contribution >= 4 is 11.6 Å². The highest BCUT2D eigenvalue weighted by atomic mass is 15.4. The molecule has 1 aliphatic carbocycles. The molecular formula is C17H26N6. The molecule has 6 nitrogen and oxygen atoms in total. The van der Waals surface area contributed by atoms with E-state index in [4.69, 9.17) is 4.98 Å². The SMILES string of the molecule is CCN(CCCN1CCCC1)c1c2c(nc3ncnn13)CCC2. The zero-order valence-electron chi connectivity index (χ0n) is 14.0. The summed E-state index contributed by atoms with van der Waals surface area (Å²) >= 11 is 0. The van der Waals surface area contributed by atoms with Gasteiger partial charge in [0, 0.05) is 18.7 Å². The first-order chi connectivity index (χ1) is 11.4. The third kappa shape index (κ3) is 2.80. The van der Waals surface area contributed by atoms with E-state index in [1.165, 1.54) is 62.4 Å². The van der Waals surface area contributed by atoms with Gasteiger partial charge in [0.25, 0.3) is 5.78 Å². The molecule has 6 heteroatoms. The molecule has 0 N–H and O–H groups in total. The molecule has 0 bridgehead atoms. The molecule has 0 saturated carbocycles. The highest BCUT2D eigenvalue weighted by Gasteiger charge is 2.24. The molecule has 0 unspecified atom stereocenters. The summed E-state index contributed by atoms with van der Waals surface area (Å²) in [4.78, 5) is 14.1. The number of aromatic nitrogens is 4. The van der Waals surface area contributed by atoms with Gasteiger partial charge >= 0.3 is 0 Å². The minimum absolute atomic E-state index is 0.749. The van der Waals surface area contributed by atoms with E-state index in [9.17, 15) is 0 Å². The van der Waals surface area contributed by atoms with E-state index in [0.29, 0.717) is 0 Å². The number of hydrogen-bond acceptors (Lipinski definition) is 5. The summed E-state index contributed by atoms with van der Waals surface area (Å²) in [5.74, 6) is 1.99. The van der Waals surface area contributed by atoms with Gasteiger partial charge < -0.3 is 9.80 Å². The van der Waals surface area contributed by atoms with E-state index >= 15 is 0 Å². The molecule has 124 valence electrons. The van der Waals surface area contributed by atoms with Gasteiger partial charge in [0.05, 0.1) is 5.69 Å². The molecule has 0 amide bonds. The van der Waals surface area contributed by atoms with Gasteiger partial charge in [-0.15, -0.1) is 0 Å². The van der Waals surface area contributed by atoms with Crippen molar-refractivity contribution in [3.8, 4) is 0 Å². The Balaban J connectivity index is 1.56. The maximum absolute atomic E-state index is 4.69. The van der Waals surface area contributed by atoms with Crippen LogP contribution < -0.4 is 4.90 Å². The quantitative estimate of drug-likeness (QED) is 0.815. The van der Waals surface area contributed by atoms with Crippen molar-refractivity contribution < 1.29 is 0 Å². The van der Waals surface area contributed by atoms with Gasteiger partial charge in [-0.05, 0) is 65.1 Å². The normalized spacial score (nSPS) is 18.0. The maximum atomic E-state index is 4.69. The van der Waals surface area contributed by atoms with Gasteiger partial charge in [-0.25, -0.2) is 4.98 Å². The number of hydrogen-bond donors (Lipinski definition) is 0. The highest BCUT2D eigenvalue weighted by Crippen LogP contribution is 2.30. The minimum Gasteiger partial charge on any atom is -0.356 e. The van der Waals surface area contributed by atoms with Crippen molar-refractivity contribution in [3.05, 3.63) is 17.6 Å². The van der Waals surface area contributed by atoms with Gasteiger partial charge in [0.2, 0.25) is 0 Å². The summed E-state index contributed by atoms with van der Waals surface area (Å²) in [6.07, 6.45) is 8.98. The van der Waals surface area contributed by atoms with Crippen molar-refractivity contribution in [1.29, 1.82) is 0 Å². The molecule has 1 fully saturated rings. The third-order valence-electron chi connectivity index (χ3n) is 5.21. The first kappa shape index (κ1) is 14.9. The monoisotopic (exact) mass is 314 g/mol. The Morgan fingerprint density at radius 2 is 2.04 bits per heavy atom. The lowest BCUT2D eigenvalue weighted by atomic mass is 10.2. The Kier molecular flexibility index (Phi) is 4.16. The second-order valence-electron chi connectivity index (χ2n) is 6.67. The molecule has 0 aromatic carbocycles. The van der Waals surface area contributed by atoms with Crippen molar-refractivity contribution in [1.82, 2.24) is 24.5 Å². The summed E-state index contributed by atoms with van der Waals surface area (Å²) in [6, 6.07) is 0. The number of aryl methyl sites for hydroxylation is 1. The lowest BCUT2D eigenvalue weighted by molar-refractivity contribution is 0.334. The molecule has 4 rings (SSSR count). The van der Waals surface area contributed by atoms with E-state index in [0.717, 1.165) is 31.7 Å². The Hall–Kier alpha value is -1.69. The summed E-state index contributed by atoms with van der Waals surface area (Å²) < 4.78 is 1.95. The van der Waals surface area contributed by atoms with Crippen LogP contribution in [0.2, 0.25) is 0 Å². The van der Waals surface area contributed by atoms with Gasteiger partial charge in [0.1, 0.15) is 12.1 Å². The lowest BCUT2D eigenvalue weighted by Gasteiger charge is -2.26. The lowest BCUT2D eigenvalue weighted by Crippen LogP contribution is -2.31. The first-order valence-corrected chi connectivity index (χ1v) is 9.05. The summed E-state index contributed by atoms with van der Waals surface area (Å²) in [5, 5.41) is 4.44. The molecule has 2 aromatic rings. The average molecular weight is 314 g/mol. The molecule has 0 radical (unpaired) electrons. The van der Waals surface area contributed by atoms with Crippen LogP contribution in [0.5, 0.6) is 0 Å². The molecule has 0 atom stereocenters. The second kappa shape index (κ2) is 6.43. The molecule has 23 heavy (non-hydrogen) atoms.